The summed E-state index contributed by atoms with van der Waals surface area (Å²) in [6, 6.07) is 0. The zero-order valence-corrected chi connectivity index (χ0v) is 6.32. The van der Waals surface area contributed by atoms with Gasteiger partial charge in [-0.1, -0.05) is 11.8 Å². The second kappa shape index (κ2) is 2.03. The first kappa shape index (κ1) is 6.77. The summed E-state index contributed by atoms with van der Waals surface area (Å²) in [6.07, 6.45) is -0.962. The topological polar surface area (TPSA) is 91.1 Å². The molecule has 0 aromatic carbocycles. The second-order valence-corrected chi connectivity index (χ2v) is 2.98. The number of rotatable bonds is 0. The van der Waals surface area contributed by atoms with E-state index >= 15 is 0 Å². The van der Waals surface area contributed by atoms with E-state index in [4.69, 9.17) is 11.6 Å². The van der Waals surface area contributed by atoms with Gasteiger partial charge in [0.25, 0.3) is 0 Å². The summed E-state index contributed by atoms with van der Waals surface area (Å²) in [5, 5.41) is 16.4. The average Bonchev–Trinajstić information content (AvgIpc) is 2.41. The molecule has 0 aromatic rings. The molecule has 0 saturated carbocycles. The number of amidine groups is 1. The van der Waals surface area contributed by atoms with E-state index in [1.54, 1.807) is 5.41 Å². The first-order valence-electron chi connectivity index (χ1n) is 2.92. The number of aliphatic hydroxyl groups excluding tert-OH is 1. The Labute approximate surface area is 67.1 Å². The third-order valence-corrected chi connectivity index (χ3v) is 2.29. The molecule has 0 aromatic heterocycles. The number of hydrazine groups is 1. The van der Waals surface area contributed by atoms with Crippen molar-refractivity contribution in [1.29, 1.82) is 0 Å². The van der Waals surface area contributed by atoms with E-state index in [1.165, 1.54) is 16.7 Å². The van der Waals surface area contributed by atoms with Gasteiger partial charge in [-0.05, 0) is 0 Å². The zero-order valence-electron chi connectivity index (χ0n) is 5.51. The molecule has 0 aliphatic carbocycles. The van der Waals surface area contributed by atoms with Crippen molar-refractivity contribution in [1.82, 2.24) is 10.0 Å². The van der Waals surface area contributed by atoms with Gasteiger partial charge in [-0.3, -0.25) is 4.90 Å². The van der Waals surface area contributed by atoms with Gasteiger partial charge < -0.3 is 10.8 Å². The van der Waals surface area contributed by atoms with Gasteiger partial charge >= 0.3 is 0 Å². The van der Waals surface area contributed by atoms with Crippen molar-refractivity contribution in [3.05, 3.63) is 11.2 Å². The molecule has 0 spiro atoms. The zero-order chi connectivity index (χ0) is 8.01. The molecule has 6 nitrogen and oxygen atoms in total. The molecule has 1 unspecified atom stereocenters. The van der Waals surface area contributed by atoms with Gasteiger partial charge in [-0.25, -0.2) is 5.84 Å². The Kier molecular flexibility index (Phi) is 1.25. The van der Waals surface area contributed by atoms with Gasteiger partial charge in [0.05, 0.1) is 0 Å². The Morgan fingerprint density at radius 1 is 1.73 bits per heavy atom. The van der Waals surface area contributed by atoms with Crippen LogP contribution in [0.1, 0.15) is 0 Å². The lowest BCUT2D eigenvalue weighted by atomic mass is 10.7. The molecule has 60 valence electrons. The number of hydrazone groups is 1. The number of fused-ring (bicyclic) bond motifs is 1. The minimum Gasteiger partial charge on any atom is -0.384 e. The fourth-order valence-electron chi connectivity index (χ4n) is 0.910. The van der Waals surface area contributed by atoms with Gasteiger partial charge in [0.2, 0.25) is 6.35 Å². The van der Waals surface area contributed by atoms with Crippen LogP contribution >= 0.6 is 11.8 Å². The number of thioether (sulfide) groups is 1. The molecule has 0 fully saturated rings. The van der Waals surface area contributed by atoms with Crippen molar-refractivity contribution in [3.8, 4) is 0 Å². The van der Waals surface area contributed by atoms with E-state index in [0.717, 1.165) is 5.12 Å². The minimum atomic E-state index is -0.962. The maximum atomic E-state index is 9.32. The van der Waals surface area contributed by atoms with Gasteiger partial charge in [-0.2, -0.15) is 5.12 Å². The standard InChI is InChI=1S/C4H7N5OS/c5-2-1-11-3-7-9(6)4(10)8(2)3/h1,4,10H,5-6H2. The highest BCUT2D eigenvalue weighted by atomic mass is 32.2. The Bertz CT molecular complexity index is 251. The van der Waals surface area contributed by atoms with Crippen LogP contribution in [0, 0.1) is 0 Å². The fraction of sp³-hybridized carbons (Fsp3) is 0.250. The maximum absolute atomic E-state index is 9.32. The van der Waals surface area contributed by atoms with Crippen molar-refractivity contribution < 1.29 is 5.11 Å². The quantitative estimate of drug-likeness (QED) is 0.387. The van der Waals surface area contributed by atoms with Gasteiger partial charge in [0.15, 0.2) is 5.17 Å². The molecule has 2 heterocycles. The lowest BCUT2D eigenvalue weighted by Crippen LogP contribution is -2.44. The normalized spacial score (nSPS) is 28.7. The van der Waals surface area contributed by atoms with Crippen LogP contribution in [-0.2, 0) is 0 Å². The number of aliphatic hydroxyl groups is 1. The van der Waals surface area contributed by atoms with Crippen LogP contribution < -0.4 is 11.6 Å². The molecule has 0 saturated heterocycles. The average molecular weight is 173 g/mol. The Hall–Kier alpha value is -0.920. The van der Waals surface area contributed by atoms with Crippen molar-refractivity contribution in [2.45, 2.75) is 6.35 Å². The summed E-state index contributed by atoms with van der Waals surface area (Å²) >= 11 is 1.34. The molecule has 0 radical (unpaired) electrons. The van der Waals surface area contributed by atoms with Crippen LogP contribution in [0.15, 0.2) is 16.3 Å². The third kappa shape index (κ3) is 0.785. The molecule has 1 atom stereocenters. The molecule has 7 heteroatoms. The Balaban J connectivity index is 2.30. The van der Waals surface area contributed by atoms with Crippen LogP contribution in [-0.4, -0.2) is 26.6 Å². The lowest BCUT2D eigenvalue weighted by Gasteiger charge is -2.20. The number of hydrogen-bond acceptors (Lipinski definition) is 7. The summed E-state index contributed by atoms with van der Waals surface area (Å²) < 4.78 is 0. The number of hydrogen-bond donors (Lipinski definition) is 3. The molecule has 2 aliphatic heterocycles. The molecule has 5 N–H and O–H groups in total. The van der Waals surface area contributed by atoms with Crippen molar-refractivity contribution in [2.75, 3.05) is 0 Å². The van der Waals surface area contributed by atoms with Crippen LogP contribution in [0.4, 0.5) is 0 Å². The smallest absolute Gasteiger partial charge is 0.245 e. The molecule has 2 aliphatic rings. The lowest BCUT2D eigenvalue weighted by molar-refractivity contribution is -0.0465. The second-order valence-electron chi connectivity index (χ2n) is 2.14. The molecular formula is C4H7N5OS. The first-order chi connectivity index (χ1) is 5.20. The summed E-state index contributed by atoms with van der Waals surface area (Å²) in [5.74, 6) is 5.76. The van der Waals surface area contributed by atoms with E-state index in [-0.39, 0.29) is 0 Å². The predicted octanol–water partition coefficient (Wildman–Crippen LogP) is -1.47. The van der Waals surface area contributed by atoms with Gasteiger partial charge in [-0.15, -0.1) is 5.10 Å². The molecule has 0 amide bonds. The van der Waals surface area contributed by atoms with Gasteiger partial charge in [0, 0.05) is 5.41 Å². The highest BCUT2D eigenvalue weighted by Crippen LogP contribution is 2.29. The van der Waals surface area contributed by atoms with E-state index in [2.05, 4.69) is 5.10 Å². The Morgan fingerprint density at radius 3 is 3.09 bits per heavy atom. The number of nitrogens with zero attached hydrogens (tertiary/aromatic N) is 3. The fourth-order valence-corrected chi connectivity index (χ4v) is 1.70. The van der Waals surface area contributed by atoms with Crippen LogP contribution in [0.3, 0.4) is 0 Å². The van der Waals surface area contributed by atoms with Crippen LogP contribution in [0.25, 0.3) is 0 Å². The first-order valence-corrected chi connectivity index (χ1v) is 3.80. The monoisotopic (exact) mass is 173 g/mol. The predicted molar refractivity (Wildman–Crippen MR) is 41.2 cm³/mol. The SMILES string of the molecule is NC1=CSC2=NN(N)C(O)N12. The van der Waals surface area contributed by atoms with E-state index in [1.807, 2.05) is 0 Å². The molecular weight excluding hydrogens is 166 g/mol. The third-order valence-electron chi connectivity index (χ3n) is 1.44. The van der Waals surface area contributed by atoms with Crippen molar-refractivity contribution >= 4 is 16.9 Å². The maximum Gasteiger partial charge on any atom is 0.245 e. The largest absolute Gasteiger partial charge is 0.384 e. The van der Waals surface area contributed by atoms with E-state index < -0.39 is 6.35 Å². The number of nitrogens with two attached hydrogens (primary N) is 2. The summed E-state index contributed by atoms with van der Waals surface area (Å²) in [6.45, 7) is 0. The van der Waals surface area contributed by atoms with Gasteiger partial charge in [0.1, 0.15) is 5.82 Å². The summed E-state index contributed by atoms with van der Waals surface area (Å²) in [7, 11) is 0. The highest BCUT2D eigenvalue weighted by Gasteiger charge is 2.36. The van der Waals surface area contributed by atoms with Crippen molar-refractivity contribution in [3.63, 3.8) is 0 Å². The molecule has 11 heavy (non-hydrogen) atoms. The Morgan fingerprint density at radius 2 is 2.45 bits per heavy atom. The van der Waals surface area contributed by atoms with E-state index in [0.29, 0.717) is 11.0 Å². The van der Waals surface area contributed by atoms with Crippen LogP contribution in [0.5, 0.6) is 0 Å². The summed E-state index contributed by atoms with van der Waals surface area (Å²) in [5.41, 5.74) is 5.52. The minimum absolute atomic E-state index is 0.467. The summed E-state index contributed by atoms with van der Waals surface area (Å²) in [4.78, 5) is 1.45. The van der Waals surface area contributed by atoms with Crippen LogP contribution in [0.2, 0.25) is 0 Å². The molecule has 0 bridgehead atoms. The molecule has 2 rings (SSSR count). The van der Waals surface area contributed by atoms with Crippen molar-refractivity contribution in [2.24, 2.45) is 16.7 Å². The van der Waals surface area contributed by atoms with E-state index in [9.17, 15) is 5.11 Å². The highest BCUT2D eigenvalue weighted by molar-refractivity contribution is 8.16.